The molecule has 0 radical (unpaired) electrons. The summed E-state index contributed by atoms with van der Waals surface area (Å²) in [4.78, 5) is 28.5. The second kappa shape index (κ2) is 9.75. The van der Waals surface area contributed by atoms with Gasteiger partial charge >= 0.3 is 12.1 Å². The van der Waals surface area contributed by atoms with Crippen LogP contribution in [0.25, 0.3) is 5.65 Å². The van der Waals surface area contributed by atoms with Crippen molar-refractivity contribution in [1.29, 1.82) is 0 Å². The molecule has 12 heteroatoms. The van der Waals surface area contributed by atoms with E-state index in [9.17, 15) is 22.8 Å². The number of alkyl halides is 3. The number of carbonyl (C=O) groups is 2. The number of rotatable bonds is 5. The molecule has 1 saturated heterocycles. The first kappa shape index (κ1) is 24.2. The van der Waals surface area contributed by atoms with Gasteiger partial charge in [0, 0.05) is 26.2 Å². The number of ether oxygens (including phenoxy) is 1. The molecule has 186 valence electrons. The predicted molar refractivity (Wildman–Crippen MR) is 116 cm³/mol. The Hall–Kier alpha value is -2.92. The molecule has 1 aliphatic carbocycles. The first-order valence-corrected chi connectivity index (χ1v) is 11.6. The Morgan fingerprint density at radius 2 is 1.76 bits per heavy atom. The number of anilines is 1. The maximum Gasteiger partial charge on any atom is 0.453 e. The fraction of sp³-hybridized carbons (Fsp3) is 0.682. The third-order valence-corrected chi connectivity index (χ3v) is 6.92. The average molecular weight is 483 g/mol. The standard InChI is InChI=1S/C22H29F3N6O3/c1-14-3-5-16(6-4-14)29(2)19(32)13-34-20(33)15-9-11-30(12-10-15)18-8-7-17-26-27-21(22(23,24)25)31(17)28-18/h7-8,14-16H,3-6,9-13H2,1-2H3. The van der Waals surface area contributed by atoms with Crippen molar-refractivity contribution >= 4 is 23.3 Å². The van der Waals surface area contributed by atoms with E-state index in [0.29, 0.717) is 42.2 Å². The number of esters is 1. The van der Waals surface area contributed by atoms with Crippen molar-refractivity contribution in [2.75, 3.05) is 31.6 Å². The number of halogens is 3. The Bertz CT molecular complexity index is 1030. The lowest BCUT2D eigenvalue weighted by Crippen LogP contribution is -2.42. The van der Waals surface area contributed by atoms with E-state index in [0.717, 1.165) is 25.7 Å². The van der Waals surface area contributed by atoms with Crippen LogP contribution >= 0.6 is 0 Å². The molecule has 0 N–H and O–H groups in total. The molecule has 9 nitrogen and oxygen atoms in total. The molecular formula is C22H29F3N6O3. The van der Waals surface area contributed by atoms with E-state index in [1.54, 1.807) is 18.0 Å². The summed E-state index contributed by atoms with van der Waals surface area (Å²) in [7, 11) is 1.76. The molecule has 1 amide bonds. The minimum Gasteiger partial charge on any atom is -0.455 e. The molecule has 2 aliphatic rings. The Balaban J connectivity index is 1.28. The molecule has 4 rings (SSSR count). The van der Waals surface area contributed by atoms with Crippen molar-refractivity contribution in [2.45, 2.75) is 57.7 Å². The van der Waals surface area contributed by atoms with Crippen molar-refractivity contribution < 1.29 is 27.5 Å². The number of amides is 1. The molecule has 3 heterocycles. The highest BCUT2D eigenvalue weighted by Gasteiger charge is 2.38. The molecule has 0 bridgehead atoms. The van der Waals surface area contributed by atoms with Gasteiger partial charge in [0.2, 0.25) is 0 Å². The number of likely N-dealkylation sites (N-methyl/N-ethyl adjacent to an activating group) is 1. The van der Waals surface area contributed by atoms with Gasteiger partial charge in [-0.15, -0.1) is 15.3 Å². The van der Waals surface area contributed by atoms with E-state index in [-0.39, 0.29) is 30.1 Å². The zero-order valence-electron chi connectivity index (χ0n) is 19.3. The SMILES string of the molecule is CC1CCC(N(C)C(=O)COC(=O)C2CCN(c3ccc4nnc(C(F)(F)F)n4n3)CC2)CC1. The Labute approximate surface area is 195 Å². The summed E-state index contributed by atoms with van der Waals surface area (Å²) in [6.07, 6.45) is 0.372. The topological polar surface area (TPSA) is 92.9 Å². The van der Waals surface area contributed by atoms with E-state index in [2.05, 4.69) is 22.2 Å². The highest BCUT2D eigenvalue weighted by molar-refractivity contribution is 5.81. The van der Waals surface area contributed by atoms with Crippen molar-refractivity contribution in [3.8, 4) is 0 Å². The average Bonchev–Trinajstić information content (AvgIpc) is 3.26. The molecule has 2 aromatic heterocycles. The van der Waals surface area contributed by atoms with Gasteiger partial charge in [-0.05, 0) is 56.6 Å². The zero-order chi connectivity index (χ0) is 24.5. The number of piperidine rings is 1. The number of carbonyl (C=O) groups excluding carboxylic acids is 2. The van der Waals surface area contributed by atoms with Crippen molar-refractivity contribution in [1.82, 2.24) is 24.7 Å². The van der Waals surface area contributed by atoms with Crippen LogP contribution < -0.4 is 4.90 Å². The Morgan fingerprint density at radius 1 is 1.09 bits per heavy atom. The van der Waals surface area contributed by atoms with Crippen LogP contribution in [-0.2, 0) is 20.5 Å². The minimum atomic E-state index is -4.66. The van der Waals surface area contributed by atoms with Gasteiger partial charge in [-0.2, -0.15) is 17.7 Å². The Morgan fingerprint density at radius 3 is 2.41 bits per heavy atom. The second-order valence-electron chi connectivity index (χ2n) is 9.27. The lowest BCUT2D eigenvalue weighted by Gasteiger charge is -2.34. The van der Waals surface area contributed by atoms with Crippen LogP contribution in [0.1, 0.15) is 51.3 Å². The molecule has 1 aliphatic heterocycles. The van der Waals surface area contributed by atoms with Gasteiger partial charge < -0.3 is 14.5 Å². The maximum absolute atomic E-state index is 13.1. The summed E-state index contributed by atoms with van der Waals surface area (Å²) in [5.74, 6) is -1.13. The van der Waals surface area contributed by atoms with Gasteiger partial charge in [0.05, 0.1) is 5.92 Å². The van der Waals surface area contributed by atoms with Crippen molar-refractivity contribution in [3.05, 3.63) is 18.0 Å². The van der Waals surface area contributed by atoms with Crippen LogP contribution in [0.5, 0.6) is 0 Å². The molecule has 0 spiro atoms. The number of fused-ring (bicyclic) bond motifs is 1. The molecule has 0 atom stereocenters. The predicted octanol–water partition coefficient (Wildman–Crippen LogP) is 2.94. The van der Waals surface area contributed by atoms with Crippen LogP contribution in [0, 0.1) is 11.8 Å². The van der Waals surface area contributed by atoms with Gasteiger partial charge in [-0.25, -0.2) is 0 Å². The third-order valence-electron chi connectivity index (χ3n) is 6.92. The van der Waals surface area contributed by atoms with Gasteiger partial charge in [0.15, 0.2) is 12.3 Å². The number of hydrogen-bond donors (Lipinski definition) is 0. The lowest BCUT2D eigenvalue weighted by molar-refractivity contribution is -0.156. The smallest absolute Gasteiger partial charge is 0.453 e. The molecular weight excluding hydrogens is 453 g/mol. The van der Waals surface area contributed by atoms with Crippen molar-refractivity contribution in [2.24, 2.45) is 11.8 Å². The largest absolute Gasteiger partial charge is 0.455 e. The summed E-state index contributed by atoms with van der Waals surface area (Å²) in [6, 6.07) is 3.21. The van der Waals surface area contributed by atoms with Gasteiger partial charge in [0.25, 0.3) is 11.7 Å². The second-order valence-corrected chi connectivity index (χ2v) is 9.27. The van der Waals surface area contributed by atoms with E-state index in [1.165, 1.54) is 6.07 Å². The first-order valence-electron chi connectivity index (χ1n) is 11.6. The van der Waals surface area contributed by atoms with E-state index in [1.807, 2.05) is 4.90 Å². The highest BCUT2D eigenvalue weighted by Crippen LogP contribution is 2.29. The minimum absolute atomic E-state index is 0.00640. The zero-order valence-corrected chi connectivity index (χ0v) is 19.3. The monoisotopic (exact) mass is 482 g/mol. The molecule has 0 unspecified atom stereocenters. The van der Waals surface area contributed by atoms with Crippen LogP contribution in [0.15, 0.2) is 12.1 Å². The number of aromatic nitrogens is 4. The van der Waals surface area contributed by atoms with Crippen LogP contribution in [0.2, 0.25) is 0 Å². The van der Waals surface area contributed by atoms with E-state index >= 15 is 0 Å². The fourth-order valence-corrected chi connectivity index (χ4v) is 4.65. The summed E-state index contributed by atoms with van der Waals surface area (Å²) >= 11 is 0. The molecule has 34 heavy (non-hydrogen) atoms. The van der Waals surface area contributed by atoms with Gasteiger partial charge in [0.1, 0.15) is 5.82 Å². The maximum atomic E-state index is 13.1. The van der Waals surface area contributed by atoms with Crippen LogP contribution in [0.3, 0.4) is 0 Å². The summed E-state index contributed by atoms with van der Waals surface area (Å²) in [6.45, 7) is 2.80. The lowest BCUT2D eigenvalue weighted by atomic mass is 9.87. The van der Waals surface area contributed by atoms with Gasteiger partial charge in [-0.1, -0.05) is 6.92 Å². The summed E-state index contributed by atoms with van der Waals surface area (Å²) in [5, 5.41) is 10.7. The summed E-state index contributed by atoms with van der Waals surface area (Å²) < 4.78 is 45.3. The van der Waals surface area contributed by atoms with E-state index < -0.39 is 18.0 Å². The highest BCUT2D eigenvalue weighted by atomic mass is 19.4. The quantitative estimate of drug-likeness (QED) is 0.605. The van der Waals surface area contributed by atoms with Crippen LogP contribution in [-0.4, -0.2) is 69.4 Å². The molecule has 2 aromatic rings. The van der Waals surface area contributed by atoms with Crippen LogP contribution in [0.4, 0.5) is 19.0 Å². The summed E-state index contributed by atoms with van der Waals surface area (Å²) in [5.41, 5.74) is 0.00640. The van der Waals surface area contributed by atoms with Gasteiger partial charge in [-0.3, -0.25) is 9.59 Å². The van der Waals surface area contributed by atoms with Crippen molar-refractivity contribution in [3.63, 3.8) is 0 Å². The molecule has 2 fully saturated rings. The fourth-order valence-electron chi connectivity index (χ4n) is 4.65. The normalized spacial score (nSPS) is 22.1. The number of nitrogens with zero attached hydrogens (tertiary/aromatic N) is 6. The van der Waals surface area contributed by atoms with E-state index in [4.69, 9.17) is 4.74 Å². The molecule has 0 aromatic carbocycles. The first-order chi connectivity index (χ1) is 16.1. The molecule has 1 saturated carbocycles. The Kier molecular flexibility index (Phi) is 6.94. The third kappa shape index (κ3) is 5.25. The number of hydrogen-bond acceptors (Lipinski definition) is 7.